The fraction of sp³-hybridized carbons (Fsp3) is 0.400. The number of benzene rings is 1. The highest BCUT2D eigenvalue weighted by molar-refractivity contribution is 5.73. The fourth-order valence-corrected chi connectivity index (χ4v) is 3.56. The lowest BCUT2D eigenvalue weighted by Crippen LogP contribution is -2.14. The third-order valence-corrected chi connectivity index (χ3v) is 4.67. The van der Waals surface area contributed by atoms with Gasteiger partial charge in [0.25, 0.3) is 0 Å². The van der Waals surface area contributed by atoms with Crippen molar-refractivity contribution in [3.63, 3.8) is 0 Å². The van der Waals surface area contributed by atoms with Gasteiger partial charge in [-0.1, -0.05) is 31.2 Å². The molecule has 0 amide bonds. The summed E-state index contributed by atoms with van der Waals surface area (Å²) in [6.45, 7) is 4.85. The van der Waals surface area contributed by atoms with Gasteiger partial charge in [0.1, 0.15) is 17.7 Å². The van der Waals surface area contributed by atoms with E-state index >= 15 is 0 Å². The van der Waals surface area contributed by atoms with Crippen LogP contribution in [0.15, 0.2) is 47.6 Å². The number of rotatable bonds is 3. The molecule has 0 radical (unpaired) electrons. The maximum Gasteiger partial charge on any atom is 0.130 e. The minimum atomic E-state index is -0.213. The molecule has 122 valence electrons. The van der Waals surface area contributed by atoms with Crippen LogP contribution in [0.25, 0.3) is 5.76 Å². The number of hydrogen-bond donors (Lipinski definition) is 1. The number of nitrogens with two attached hydrogens (primary N) is 1. The van der Waals surface area contributed by atoms with Gasteiger partial charge in [-0.05, 0) is 55.5 Å². The Morgan fingerprint density at radius 3 is 2.91 bits per heavy atom. The van der Waals surface area contributed by atoms with Crippen LogP contribution in [-0.2, 0) is 11.2 Å². The Morgan fingerprint density at radius 2 is 2.17 bits per heavy atom. The monoisotopic (exact) mass is 313 g/mol. The standard InChI is InChI=1S/C20H24FNO/c1-3-4-5-17-13(2)10-14-6-7-15(21)11-18(14)20-19(17)12-16(23-20)8-9-22/h3-7,11,13,16H,8-10,12,22H2,1-2H3/b4-3-,17-5+. The Balaban J connectivity index is 2.12. The molecular formula is C20H24FNO. The molecule has 1 heterocycles. The Bertz CT molecular complexity index is 687. The molecular weight excluding hydrogens is 289 g/mol. The van der Waals surface area contributed by atoms with E-state index in [1.807, 2.05) is 19.1 Å². The van der Waals surface area contributed by atoms with Gasteiger partial charge >= 0.3 is 0 Å². The minimum absolute atomic E-state index is 0.0976. The van der Waals surface area contributed by atoms with E-state index in [0.717, 1.165) is 36.1 Å². The third-order valence-electron chi connectivity index (χ3n) is 4.67. The summed E-state index contributed by atoms with van der Waals surface area (Å²) >= 11 is 0. The van der Waals surface area contributed by atoms with Crippen LogP contribution in [0.2, 0.25) is 0 Å². The van der Waals surface area contributed by atoms with Crippen molar-refractivity contribution in [3.8, 4) is 0 Å². The van der Waals surface area contributed by atoms with Gasteiger partial charge in [0.15, 0.2) is 0 Å². The fourth-order valence-electron chi connectivity index (χ4n) is 3.56. The van der Waals surface area contributed by atoms with Crippen LogP contribution in [0.5, 0.6) is 0 Å². The molecule has 2 atom stereocenters. The lowest BCUT2D eigenvalue weighted by Gasteiger charge is -2.17. The van der Waals surface area contributed by atoms with Crippen molar-refractivity contribution in [1.29, 1.82) is 0 Å². The smallest absolute Gasteiger partial charge is 0.130 e. The Kier molecular flexibility index (Phi) is 4.67. The van der Waals surface area contributed by atoms with Crippen molar-refractivity contribution in [2.45, 2.75) is 39.2 Å². The maximum absolute atomic E-state index is 13.8. The van der Waals surface area contributed by atoms with Gasteiger partial charge in [0.2, 0.25) is 0 Å². The summed E-state index contributed by atoms with van der Waals surface area (Å²) in [5.74, 6) is 1.02. The first-order valence-electron chi connectivity index (χ1n) is 8.36. The average Bonchev–Trinajstić information content (AvgIpc) is 2.89. The maximum atomic E-state index is 13.8. The predicted octanol–water partition coefficient (Wildman–Crippen LogP) is 4.37. The van der Waals surface area contributed by atoms with Crippen molar-refractivity contribution in [3.05, 3.63) is 64.5 Å². The van der Waals surface area contributed by atoms with Gasteiger partial charge in [-0.2, -0.15) is 0 Å². The van der Waals surface area contributed by atoms with E-state index in [4.69, 9.17) is 10.5 Å². The zero-order valence-electron chi connectivity index (χ0n) is 13.8. The molecule has 1 aliphatic carbocycles. The van der Waals surface area contributed by atoms with Gasteiger partial charge in [0, 0.05) is 17.6 Å². The molecule has 2 unspecified atom stereocenters. The second-order valence-electron chi connectivity index (χ2n) is 6.38. The Morgan fingerprint density at radius 1 is 1.35 bits per heavy atom. The molecule has 2 nitrogen and oxygen atoms in total. The van der Waals surface area contributed by atoms with E-state index in [2.05, 4.69) is 19.1 Å². The van der Waals surface area contributed by atoms with E-state index in [-0.39, 0.29) is 11.9 Å². The van der Waals surface area contributed by atoms with Gasteiger partial charge in [-0.25, -0.2) is 4.39 Å². The molecule has 0 bridgehead atoms. The van der Waals surface area contributed by atoms with Gasteiger partial charge < -0.3 is 10.5 Å². The van der Waals surface area contributed by atoms with Crippen molar-refractivity contribution in [2.24, 2.45) is 11.7 Å². The molecule has 2 aliphatic rings. The summed E-state index contributed by atoms with van der Waals surface area (Å²) in [7, 11) is 0. The average molecular weight is 313 g/mol. The highest BCUT2D eigenvalue weighted by atomic mass is 19.1. The summed E-state index contributed by atoms with van der Waals surface area (Å²) in [6, 6.07) is 5.05. The van der Waals surface area contributed by atoms with Crippen LogP contribution < -0.4 is 5.73 Å². The van der Waals surface area contributed by atoms with Crippen LogP contribution in [0.1, 0.15) is 37.8 Å². The topological polar surface area (TPSA) is 35.2 Å². The number of hydrogen-bond acceptors (Lipinski definition) is 2. The summed E-state index contributed by atoms with van der Waals surface area (Å²) in [4.78, 5) is 0. The molecule has 3 heteroatoms. The van der Waals surface area contributed by atoms with Gasteiger partial charge in [-0.15, -0.1) is 0 Å². The molecule has 2 N–H and O–H groups in total. The quantitative estimate of drug-likeness (QED) is 0.899. The Hall–Kier alpha value is -1.87. The lowest BCUT2D eigenvalue weighted by molar-refractivity contribution is 0.182. The predicted molar refractivity (Wildman–Crippen MR) is 92.2 cm³/mol. The van der Waals surface area contributed by atoms with Crippen LogP contribution in [0, 0.1) is 11.7 Å². The Labute approximate surface area is 137 Å². The molecule has 23 heavy (non-hydrogen) atoms. The van der Waals surface area contributed by atoms with E-state index < -0.39 is 0 Å². The van der Waals surface area contributed by atoms with Gasteiger partial charge in [-0.3, -0.25) is 0 Å². The van der Waals surface area contributed by atoms with Crippen molar-refractivity contribution in [2.75, 3.05) is 6.54 Å². The first-order chi connectivity index (χ1) is 11.1. The van der Waals surface area contributed by atoms with Crippen LogP contribution in [0.3, 0.4) is 0 Å². The molecule has 1 aromatic carbocycles. The van der Waals surface area contributed by atoms with Crippen molar-refractivity contribution in [1.82, 2.24) is 0 Å². The van der Waals surface area contributed by atoms with E-state index in [9.17, 15) is 4.39 Å². The van der Waals surface area contributed by atoms with Crippen molar-refractivity contribution >= 4 is 5.76 Å². The molecule has 0 aromatic heterocycles. The summed E-state index contributed by atoms with van der Waals surface area (Å²) in [6.07, 6.45) is 8.96. The normalized spacial score (nSPS) is 25.5. The second-order valence-corrected chi connectivity index (χ2v) is 6.38. The molecule has 0 fully saturated rings. The van der Waals surface area contributed by atoms with Crippen LogP contribution in [0.4, 0.5) is 4.39 Å². The number of ether oxygens (including phenoxy) is 1. The first kappa shape index (κ1) is 16.0. The van der Waals surface area contributed by atoms with E-state index in [0.29, 0.717) is 12.5 Å². The largest absolute Gasteiger partial charge is 0.489 e. The minimum Gasteiger partial charge on any atom is -0.489 e. The van der Waals surface area contributed by atoms with Gasteiger partial charge in [0.05, 0.1) is 0 Å². The number of fused-ring (bicyclic) bond motifs is 2. The number of halogens is 1. The molecule has 0 saturated heterocycles. The number of allylic oxidation sites excluding steroid dienone is 4. The highest BCUT2D eigenvalue weighted by Gasteiger charge is 2.33. The zero-order chi connectivity index (χ0) is 16.4. The van der Waals surface area contributed by atoms with Crippen LogP contribution in [-0.4, -0.2) is 12.6 Å². The molecule has 3 rings (SSSR count). The SMILES string of the molecule is C/C=C\C=C1\C2=C(OC(CCN)C2)c2cc(F)ccc2CC1C. The highest BCUT2D eigenvalue weighted by Crippen LogP contribution is 2.44. The lowest BCUT2D eigenvalue weighted by atomic mass is 9.88. The first-order valence-corrected chi connectivity index (χ1v) is 8.36. The molecule has 1 aromatic rings. The van der Waals surface area contributed by atoms with E-state index in [1.165, 1.54) is 11.1 Å². The summed E-state index contributed by atoms with van der Waals surface area (Å²) in [5.41, 5.74) is 10.3. The van der Waals surface area contributed by atoms with E-state index in [1.54, 1.807) is 12.1 Å². The van der Waals surface area contributed by atoms with Crippen molar-refractivity contribution < 1.29 is 9.13 Å². The molecule has 1 aliphatic heterocycles. The third kappa shape index (κ3) is 3.11. The second kappa shape index (κ2) is 6.71. The summed E-state index contributed by atoms with van der Waals surface area (Å²) in [5, 5.41) is 0. The van der Waals surface area contributed by atoms with Crippen LogP contribution >= 0.6 is 0 Å². The molecule has 0 spiro atoms. The molecule has 0 saturated carbocycles. The summed E-state index contributed by atoms with van der Waals surface area (Å²) < 4.78 is 20.0. The zero-order valence-corrected chi connectivity index (χ0v) is 13.8.